The van der Waals surface area contributed by atoms with Gasteiger partial charge in [0.05, 0.1) is 6.04 Å². The van der Waals surface area contributed by atoms with E-state index >= 15 is 0 Å². The fourth-order valence-corrected chi connectivity index (χ4v) is 4.23. The van der Waals surface area contributed by atoms with Crippen LogP contribution < -0.4 is 4.74 Å². The molecule has 6 heteroatoms. The summed E-state index contributed by atoms with van der Waals surface area (Å²) in [5.74, 6) is -0.0570. The number of fused-ring (bicyclic) bond motifs is 1. The number of carbonyl (C=O) groups excluding carboxylic acids is 1. The smallest absolute Gasteiger partial charge is 0.394 e. The van der Waals surface area contributed by atoms with Gasteiger partial charge in [0.1, 0.15) is 17.8 Å². The molecule has 2 aromatic carbocycles. The first kappa shape index (κ1) is 20.2. The first-order chi connectivity index (χ1) is 15.7. The maximum atomic E-state index is 13.7. The molecule has 5 rings (SSSR count). The van der Waals surface area contributed by atoms with Crippen molar-refractivity contribution >= 4 is 17.0 Å². The van der Waals surface area contributed by atoms with Crippen LogP contribution in [0.1, 0.15) is 35.4 Å². The SMILES string of the molecule is Cc1ccc(-c2ccccc2)c(C(=O)N2CCCCC2COc2nc3ccccc3o2)n1. The summed E-state index contributed by atoms with van der Waals surface area (Å²) in [6.45, 7) is 2.94. The molecule has 1 unspecified atom stereocenters. The highest BCUT2D eigenvalue weighted by Crippen LogP contribution is 2.27. The van der Waals surface area contributed by atoms with E-state index in [2.05, 4.69) is 9.97 Å². The van der Waals surface area contributed by atoms with Crippen molar-refractivity contribution < 1.29 is 13.9 Å². The Hall–Kier alpha value is -3.67. The van der Waals surface area contributed by atoms with Crippen molar-refractivity contribution in [1.82, 2.24) is 14.9 Å². The van der Waals surface area contributed by atoms with Gasteiger partial charge >= 0.3 is 6.08 Å². The number of aromatic nitrogens is 2. The van der Waals surface area contributed by atoms with Crippen LogP contribution >= 0.6 is 0 Å². The molecule has 0 N–H and O–H groups in total. The van der Waals surface area contributed by atoms with Crippen LogP contribution in [0.5, 0.6) is 6.08 Å². The predicted molar refractivity (Wildman–Crippen MR) is 123 cm³/mol. The number of aryl methyl sites for hydroxylation is 1. The minimum atomic E-state index is -0.0582. The quantitative estimate of drug-likeness (QED) is 0.434. The summed E-state index contributed by atoms with van der Waals surface area (Å²) >= 11 is 0. The van der Waals surface area contributed by atoms with Crippen molar-refractivity contribution in [3.8, 4) is 17.2 Å². The Morgan fingerprint density at radius 3 is 2.69 bits per heavy atom. The average Bonchev–Trinajstić information content (AvgIpc) is 3.26. The number of benzene rings is 2. The van der Waals surface area contributed by atoms with Crippen LogP contribution in [0.25, 0.3) is 22.2 Å². The maximum Gasteiger partial charge on any atom is 0.394 e. The number of pyridine rings is 1. The van der Waals surface area contributed by atoms with E-state index in [1.165, 1.54) is 0 Å². The van der Waals surface area contributed by atoms with Gasteiger partial charge in [-0.1, -0.05) is 48.5 Å². The average molecular weight is 428 g/mol. The van der Waals surface area contributed by atoms with E-state index in [0.29, 0.717) is 24.4 Å². The van der Waals surface area contributed by atoms with Crippen molar-refractivity contribution in [2.45, 2.75) is 32.2 Å². The third kappa shape index (κ3) is 4.08. The molecule has 1 atom stereocenters. The molecular formula is C26H25N3O3. The van der Waals surface area contributed by atoms with Gasteiger partial charge in [0.25, 0.3) is 5.91 Å². The van der Waals surface area contributed by atoms with Gasteiger partial charge < -0.3 is 14.1 Å². The van der Waals surface area contributed by atoms with Gasteiger partial charge in [-0.05, 0) is 49.9 Å². The van der Waals surface area contributed by atoms with Gasteiger partial charge in [-0.2, -0.15) is 4.98 Å². The second kappa shape index (κ2) is 8.83. The first-order valence-corrected chi connectivity index (χ1v) is 11.0. The van der Waals surface area contributed by atoms with Crippen LogP contribution in [0.2, 0.25) is 0 Å². The summed E-state index contributed by atoms with van der Waals surface area (Å²) in [6.07, 6.45) is 3.14. The second-order valence-corrected chi connectivity index (χ2v) is 8.12. The minimum Gasteiger partial charge on any atom is -0.448 e. The normalized spacial score (nSPS) is 16.3. The predicted octanol–water partition coefficient (Wildman–Crippen LogP) is 5.27. The molecule has 1 fully saturated rings. The third-order valence-electron chi connectivity index (χ3n) is 5.88. The number of carbonyl (C=O) groups is 1. The summed E-state index contributed by atoms with van der Waals surface area (Å²) in [5.41, 5.74) is 4.60. The van der Waals surface area contributed by atoms with Crippen LogP contribution in [-0.2, 0) is 0 Å². The number of piperidine rings is 1. The largest absolute Gasteiger partial charge is 0.448 e. The lowest BCUT2D eigenvalue weighted by molar-refractivity contribution is 0.0493. The number of hydrogen-bond donors (Lipinski definition) is 0. The summed E-state index contributed by atoms with van der Waals surface area (Å²) in [7, 11) is 0. The molecule has 2 aromatic heterocycles. The fraction of sp³-hybridized carbons (Fsp3) is 0.269. The monoisotopic (exact) mass is 427 g/mol. The summed E-state index contributed by atoms with van der Waals surface area (Å²) in [6, 6.07) is 21.4. The summed E-state index contributed by atoms with van der Waals surface area (Å²) in [5, 5.41) is 0. The van der Waals surface area contributed by atoms with Crippen LogP contribution in [0.4, 0.5) is 0 Å². The number of oxazole rings is 1. The standard InChI is InChI=1S/C26H25N3O3/c1-18-14-15-21(19-9-3-2-4-10-19)24(27-18)25(30)29-16-8-7-11-20(29)17-31-26-28-22-12-5-6-13-23(22)32-26/h2-6,9-10,12-15,20H,7-8,11,16-17H2,1H3. The van der Waals surface area contributed by atoms with Crippen molar-refractivity contribution in [2.75, 3.05) is 13.2 Å². The maximum absolute atomic E-state index is 13.7. The van der Waals surface area contributed by atoms with Crippen LogP contribution in [0.3, 0.4) is 0 Å². The molecule has 4 aromatic rings. The molecule has 3 heterocycles. The number of ether oxygens (including phenoxy) is 1. The van der Waals surface area contributed by atoms with Crippen molar-refractivity contribution in [2.24, 2.45) is 0 Å². The number of likely N-dealkylation sites (tertiary alicyclic amines) is 1. The van der Waals surface area contributed by atoms with Gasteiger partial charge in [-0.25, -0.2) is 4.98 Å². The molecule has 0 radical (unpaired) electrons. The number of amides is 1. The van der Waals surface area contributed by atoms with Gasteiger partial charge in [0.2, 0.25) is 0 Å². The van der Waals surface area contributed by atoms with Crippen molar-refractivity contribution in [3.05, 3.63) is 78.1 Å². The first-order valence-electron chi connectivity index (χ1n) is 11.0. The van der Waals surface area contributed by atoms with E-state index in [-0.39, 0.29) is 18.0 Å². The Morgan fingerprint density at radius 1 is 1.03 bits per heavy atom. The number of para-hydroxylation sites is 2. The molecule has 1 aliphatic heterocycles. The Morgan fingerprint density at radius 2 is 1.84 bits per heavy atom. The van der Waals surface area contributed by atoms with Crippen LogP contribution in [-0.4, -0.2) is 40.0 Å². The van der Waals surface area contributed by atoms with Gasteiger partial charge in [-0.15, -0.1) is 0 Å². The van der Waals surface area contributed by atoms with E-state index < -0.39 is 0 Å². The number of hydrogen-bond acceptors (Lipinski definition) is 5. The Kier molecular flexibility index (Phi) is 5.58. The minimum absolute atomic E-state index is 0.0570. The van der Waals surface area contributed by atoms with Crippen LogP contribution in [0.15, 0.2) is 71.1 Å². The zero-order valence-corrected chi connectivity index (χ0v) is 18.0. The highest BCUT2D eigenvalue weighted by molar-refractivity contribution is 5.99. The van der Waals surface area contributed by atoms with E-state index in [1.807, 2.05) is 78.6 Å². The Balaban J connectivity index is 1.39. The van der Waals surface area contributed by atoms with Crippen LogP contribution in [0, 0.1) is 6.92 Å². The molecule has 6 nitrogen and oxygen atoms in total. The van der Waals surface area contributed by atoms with Crippen molar-refractivity contribution in [3.63, 3.8) is 0 Å². The van der Waals surface area contributed by atoms with E-state index in [4.69, 9.17) is 9.15 Å². The lowest BCUT2D eigenvalue weighted by atomic mass is 9.99. The molecule has 32 heavy (non-hydrogen) atoms. The molecule has 0 saturated carbocycles. The molecule has 0 bridgehead atoms. The molecular weight excluding hydrogens is 402 g/mol. The molecule has 1 amide bonds. The van der Waals surface area contributed by atoms with E-state index in [0.717, 1.165) is 41.6 Å². The molecule has 162 valence electrons. The zero-order valence-electron chi connectivity index (χ0n) is 18.0. The third-order valence-corrected chi connectivity index (χ3v) is 5.88. The second-order valence-electron chi connectivity index (χ2n) is 8.12. The highest BCUT2D eigenvalue weighted by Gasteiger charge is 2.31. The topological polar surface area (TPSA) is 68.5 Å². The number of rotatable bonds is 5. The van der Waals surface area contributed by atoms with Crippen molar-refractivity contribution in [1.29, 1.82) is 0 Å². The molecule has 1 saturated heterocycles. The number of nitrogens with zero attached hydrogens (tertiary/aromatic N) is 3. The van der Waals surface area contributed by atoms with E-state index in [9.17, 15) is 4.79 Å². The van der Waals surface area contributed by atoms with Gasteiger partial charge in [0.15, 0.2) is 5.58 Å². The summed E-state index contributed by atoms with van der Waals surface area (Å²) < 4.78 is 11.6. The molecule has 0 aliphatic carbocycles. The van der Waals surface area contributed by atoms with Gasteiger partial charge in [-0.3, -0.25) is 4.79 Å². The molecule has 1 aliphatic rings. The molecule has 0 spiro atoms. The highest BCUT2D eigenvalue weighted by atomic mass is 16.6. The zero-order chi connectivity index (χ0) is 21.9. The van der Waals surface area contributed by atoms with E-state index in [1.54, 1.807) is 0 Å². The Bertz CT molecular complexity index is 1200. The lowest BCUT2D eigenvalue weighted by Crippen LogP contribution is -2.47. The fourth-order valence-electron chi connectivity index (χ4n) is 4.23. The Labute approximate surface area is 186 Å². The van der Waals surface area contributed by atoms with Gasteiger partial charge in [0, 0.05) is 17.8 Å². The summed E-state index contributed by atoms with van der Waals surface area (Å²) in [4.78, 5) is 24.6. The lowest BCUT2D eigenvalue weighted by Gasteiger charge is -2.35.